The Bertz CT molecular complexity index is 1060. The van der Waals surface area contributed by atoms with Crippen molar-refractivity contribution in [1.82, 2.24) is 15.2 Å². The number of nitrogens with one attached hydrogen (secondary N) is 1. The van der Waals surface area contributed by atoms with Crippen LogP contribution in [0.15, 0.2) is 46.3 Å². The molecule has 1 aromatic heterocycles. The van der Waals surface area contributed by atoms with Crippen LogP contribution in [0.2, 0.25) is 0 Å². The summed E-state index contributed by atoms with van der Waals surface area (Å²) in [5.74, 6) is 7.12. The normalized spacial score (nSPS) is 15.7. The number of benzene rings is 1. The molecule has 0 saturated heterocycles. The van der Waals surface area contributed by atoms with Crippen molar-refractivity contribution in [2.75, 3.05) is 6.61 Å². The first kappa shape index (κ1) is 22.3. The fourth-order valence-corrected chi connectivity index (χ4v) is 3.17. The summed E-state index contributed by atoms with van der Waals surface area (Å²) >= 11 is 0. The van der Waals surface area contributed by atoms with E-state index in [4.69, 9.17) is 4.74 Å². The molecule has 7 heteroatoms. The minimum Gasteiger partial charge on any atom is -0.494 e. The van der Waals surface area contributed by atoms with Gasteiger partial charge in [0, 0.05) is 30.9 Å². The third-order valence-electron chi connectivity index (χ3n) is 4.80. The van der Waals surface area contributed by atoms with Gasteiger partial charge in [-0.05, 0) is 54.7 Å². The first-order chi connectivity index (χ1) is 14.9. The number of ether oxygens (including phenoxy) is 1. The molecule has 1 aromatic carbocycles. The maximum atomic E-state index is 12.0. The van der Waals surface area contributed by atoms with Gasteiger partial charge in [-0.15, -0.1) is 0 Å². The topological polar surface area (TPSA) is 85.6 Å². The molecule has 0 saturated carbocycles. The van der Waals surface area contributed by atoms with E-state index in [0.717, 1.165) is 29.9 Å². The van der Waals surface area contributed by atoms with Crippen molar-refractivity contribution >= 4 is 11.6 Å². The predicted octanol–water partition coefficient (Wildman–Crippen LogP) is 2.97. The Kier molecular flexibility index (Phi) is 7.60. The van der Waals surface area contributed by atoms with Crippen molar-refractivity contribution < 1.29 is 9.53 Å². The monoisotopic (exact) mass is 420 g/mol. The lowest BCUT2D eigenvalue weighted by molar-refractivity contribution is -0.121. The van der Waals surface area contributed by atoms with Crippen LogP contribution in [0, 0.1) is 23.7 Å². The Hall–Kier alpha value is -3.40. The molecule has 1 N–H and O–H groups in total. The SMILES string of the molecule is CC(C)C#Cc1ccc(=O)n(CCCCOc2ccc(C3=NNC(=O)CC3C)cc2)n1. The molecule has 0 spiro atoms. The molecule has 1 aliphatic rings. The molecule has 0 radical (unpaired) electrons. The number of amides is 1. The number of hydrazone groups is 1. The number of aryl methyl sites for hydroxylation is 1. The summed E-state index contributed by atoms with van der Waals surface area (Å²) in [6, 6.07) is 10.9. The van der Waals surface area contributed by atoms with Gasteiger partial charge in [0.05, 0.1) is 12.3 Å². The van der Waals surface area contributed by atoms with Gasteiger partial charge in [-0.1, -0.05) is 26.7 Å². The van der Waals surface area contributed by atoms with Gasteiger partial charge in [-0.2, -0.15) is 10.2 Å². The van der Waals surface area contributed by atoms with Crippen molar-refractivity contribution in [3.63, 3.8) is 0 Å². The summed E-state index contributed by atoms with van der Waals surface area (Å²) in [6.45, 7) is 7.10. The molecule has 7 nitrogen and oxygen atoms in total. The van der Waals surface area contributed by atoms with Crippen molar-refractivity contribution in [1.29, 1.82) is 0 Å². The predicted molar refractivity (Wildman–Crippen MR) is 120 cm³/mol. The average Bonchev–Trinajstić information content (AvgIpc) is 2.74. The Morgan fingerprint density at radius 3 is 2.65 bits per heavy atom. The zero-order valence-corrected chi connectivity index (χ0v) is 18.2. The number of nitrogens with zero attached hydrogens (tertiary/aromatic N) is 3. The summed E-state index contributed by atoms with van der Waals surface area (Å²) in [5, 5.41) is 8.49. The van der Waals surface area contributed by atoms with E-state index in [0.29, 0.717) is 25.3 Å². The van der Waals surface area contributed by atoms with Crippen molar-refractivity contribution in [2.45, 2.75) is 46.6 Å². The van der Waals surface area contributed by atoms with Gasteiger partial charge in [-0.3, -0.25) is 9.59 Å². The van der Waals surface area contributed by atoms with Crippen LogP contribution in [-0.4, -0.2) is 28.0 Å². The number of carbonyl (C=O) groups is 1. The van der Waals surface area contributed by atoms with Gasteiger partial charge in [-0.25, -0.2) is 10.1 Å². The van der Waals surface area contributed by atoms with Crippen molar-refractivity contribution in [3.05, 3.63) is 58.0 Å². The summed E-state index contributed by atoms with van der Waals surface area (Å²) in [7, 11) is 0. The smallest absolute Gasteiger partial charge is 0.266 e. The van der Waals surface area contributed by atoms with Gasteiger partial charge in [0.25, 0.3) is 5.56 Å². The molecule has 1 aliphatic heterocycles. The molecule has 162 valence electrons. The molecular weight excluding hydrogens is 392 g/mol. The maximum absolute atomic E-state index is 12.0. The van der Waals surface area contributed by atoms with E-state index in [1.54, 1.807) is 6.07 Å². The Labute approximate surface area is 182 Å². The second-order valence-electron chi connectivity index (χ2n) is 7.92. The van der Waals surface area contributed by atoms with Crippen LogP contribution in [0.5, 0.6) is 5.75 Å². The van der Waals surface area contributed by atoms with E-state index in [1.807, 2.05) is 45.0 Å². The molecule has 2 aromatic rings. The lowest BCUT2D eigenvalue weighted by Crippen LogP contribution is -2.31. The van der Waals surface area contributed by atoms with Gasteiger partial charge in [0.15, 0.2) is 0 Å². The van der Waals surface area contributed by atoms with Gasteiger partial charge >= 0.3 is 0 Å². The summed E-state index contributed by atoms with van der Waals surface area (Å²) in [4.78, 5) is 23.4. The molecule has 0 aliphatic carbocycles. The summed E-state index contributed by atoms with van der Waals surface area (Å²) in [6.07, 6.45) is 2.02. The Morgan fingerprint density at radius 1 is 1.16 bits per heavy atom. The van der Waals surface area contributed by atoms with Crippen LogP contribution in [0.25, 0.3) is 0 Å². The number of unbranched alkanes of at least 4 members (excludes halogenated alkanes) is 1. The van der Waals surface area contributed by atoms with Crippen molar-refractivity contribution in [3.8, 4) is 17.6 Å². The van der Waals surface area contributed by atoms with E-state index in [2.05, 4.69) is 27.5 Å². The first-order valence-electron chi connectivity index (χ1n) is 10.6. The van der Waals surface area contributed by atoms with Gasteiger partial charge in [0.1, 0.15) is 11.4 Å². The highest BCUT2D eigenvalue weighted by Gasteiger charge is 2.21. The van der Waals surface area contributed by atoms with Crippen LogP contribution in [0.1, 0.15) is 51.3 Å². The van der Waals surface area contributed by atoms with E-state index >= 15 is 0 Å². The highest BCUT2D eigenvalue weighted by atomic mass is 16.5. The Morgan fingerprint density at radius 2 is 1.94 bits per heavy atom. The fraction of sp³-hybridized carbons (Fsp3) is 0.417. The highest BCUT2D eigenvalue weighted by Crippen LogP contribution is 2.19. The largest absolute Gasteiger partial charge is 0.494 e. The molecule has 1 unspecified atom stereocenters. The minimum absolute atomic E-state index is 0.0520. The standard InChI is InChI=1S/C24H28N4O3/c1-17(2)6-9-20-10-13-23(30)28(27-20)14-4-5-15-31-21-11-7-19(8-12-21)24-18(3)16-22(29)25-26-24/h7-8,10-13,17-18H,4-5,14-16H2,1-3H3,(H,25,29). The summed E-state index contributed by atoms with van der Waals surface area (Å²) < 4.78 is 7.27. The Balaban J connectivity index is 1.46. The lowest BCUT2D eigenvalue weighted by Gasteiger charge is -2.19. The van der Waals surface area contributed by atoms with E-state index in [9.17, 15) is 9.59 Å². The zero-order valence-electron chi connectivity index (χ0n) is 18.2. The number of carbonyl (C=O) groups excluding carboxylic acids is 1. The number of hydrogen-bond acceptors (Lipinski definition) is 5. The quantitative estimate of drug-likeness (QED) is 0.551. The second kappa shape index (κ2) is 10.6. The van der Waals surface area contributed by atoms with Crippen LogP contribution < -0.4 is 15.7 Å². The third kappa shape index (κ3) is 6.54. The number of aromatic nitrogens is 2. The maximum Gasteiger partial charge on any atom is 0.266 e. The molecule has 1 amide bonds. The zero-order chi connectivity index (χ0) is 22.2. The molecule has 0 fully saturated rings. The molecular formula is C24H28N4O3. The molecule has 3 rings (SSSR count). The second-order valence-corrected chi connectivity index (χ2v) is 7.92. The third-order valence-corrected chi connectivity index (χ3v) is 4.80. The van der Waals surface area contributed by atoms with Crippen LogP contribution >= 0.6 is 0 Å². The van der Waals surface area contributed by atoms with E-state index < -0.39 is 0 Å². The van der Waals surface area contributed by atoms with Crippen LogP contribution in [-0.2, 0) is 11.3 Å². The van der Waals surface area contributed by atoms with Crippen LogP contribution in [0.3, 0.4) is 0 Å². The number of rotatable bonds is 7. The average molecular weight is 421 g/mol. The molecule has 31 heavy (non-hydrogen) atoms. The van der Waals surface area contributed by atoms with Crippen molar-refractivity contribution in [2.24, 2.45) is 16.9 Å². The first-order valence-corrected chi connectivity index (χ1v) is 10.6. The van der Waals surface area contributed by atoms with Gasteiger partial charge < -0.3 is 4.74 Å². The fourth-order valence-electron chi connectivity index (χ4n) is 3.17. The van der Waals surface area contributed by atoms with E-state index in [-0.39, 0.29) is 23.3 Å². The lowest BCUT2D eigenvalue weighted by atomic mass is 9.94. The highest BCUT2D eigenvalue weighted by molar-refractivity contribution is 6.05. The molecule has 0 bridgehead atoms. The number of hydrogen-bond donors (Lipinski definition) is 1. The van der Waals surface area contributed by atoms with Crippen LogP contribution in [0.4, 0.5) is 0 Å². The summed E-state index contributed by atoms with van der Waals surface area (Å²) in [5.41, 5.74) is 4.88. The molecule has 1 atom stereocenters. The van der Waals surface area contributed by atoms with Gasteiger partial charge in [0.2, 0.25) is 5.91 Å². The van der Waals surface area contributed by atoms with E-state index in [1.165, 1.54) is 10.7 Å². The molecule has 2 heterocycles. The minimum atomic E-state index is -0.123.